The molecule has 0 aromatic heterocycles. The minimum absolute atomic E-state index is 0.198. The monoisotopic (exact) mass is 300 g/mol. The Morgan fingerprint density at radius 2 is 2.00 bits per heavy atom. The molecule has 5 nitrogen and oxygen atoms in total. The van der Waals surface area contributed by atoms with E-state index in [1.54, 1.807) is 25.3 Å². The molecule has 0 aliphatic carbocycles. The highest BCUT2D eigenvalue weighted by Gasteiger charge is 2.27. The van der Waals surface area contributed by atoms with E-state index in [9.17, 15) is 8.42 Å². The molecular weight excluding hydrogens is 276 g/mol. The number of rotatable bonds is 7. The van der Waals surface area contributed by atoms with Crippen LogP contribution >= 0.6 is 0 Å². The third-order valence-corrected chi connectivity index (χ3v) is 5.29. The van der Waals surface area contributed by atoms with Gasteiger partial charge >= 0.3 is 0 Å². The van der Waals surface area contributed by atoms with Crippen LogP contribution in [-0.2, 0) is 14.8 Å². The number of benzene rings is 1. The summed E-state index contributed by atoms with van der Waals surface area (Å²) in [7, 11) is -1.97. The number of methoxy groups -OCH3 is 1. The Bertz CT molecular complexity index is 529. The van der Waals surface area contributed by atoms with Crippen molar-refractivity contribution in [3.63, 3.8) is 0 Å². The molecule has 2 atom stereocenters. The fraction of sp³-hybridized carbons (Fsp3) is 0.571. The summed E-state index contributed by atoms with van der Waals surface area (Å²) in [5.74, 6) is 0. The van der Waals surface area contributed by atoms with Crippen molar-refractivity contribution in [2.75, 3.05) is 20.3 Å². The molecule has 0 bridgehead atoms. The third-order valence-electron chi connectivity index (χ3n) is 3.20. The second-order valence-electron chi connectivity index (χ2n) is 4.87. The van der Waals surface area contributed by atoms with Gasteiger partial charge < -0.3 is 10.5 Å². The van der Waals surface area contributed by atoms with E-state index < -0.39 is 10.0 Å². The minimum Gasteiger partial charge on any atom is -0.383 e. The number of hydrogen-bond acceptors (Lipinski definition) is 4. The first kappa shape index (κ1) is 17.1. The first-order valence-corrected chi connectivity index (χ1v) is 8.14. The van der Waals surface area contributed by atoms with Crippen LogP contribution in [0.1, 0.15) is 32.4 Å². The number of nitrogens with zero attached hydrogens (tertiary/aromatic N) is 1. The molecule has 2 N–H and O–H groups in total. The van der Waals surface area contributed by atoms with E-state index >= 15 is 0 Å². The summed E-state index contributed by atoms with van der Waals surface area (Å²) in [5, 5.41) is 0. The Kier molecular flexibility index (Phi) is 6.13. The quantitative estimate of drug-likeness (QED) is 0.832. The Labute approximate surface area is 121 Å². The Morgan fingerprint density at radius 3 is 2.50 bits per heavy atom. The molecule has 6 heteroatoms. The van der Waals surface area contributed by atoms with Crippen molar-refractivity contribution in [1.82, 2.24) is 4.31 Å². The molecule has 1 aromatic rings. The molecule has 0 aliphatic rings. The molecular formula is C14H24N2O3S. The summed E-state index contributed by atoms with van der Waals surface area (Å²) in [6, 6.07) is 6.38. The minimum atomic E-state index is -3.53. The van der Waals surface area contributed by atoms with Gasteiger partial charge in [0, 0.05) is 25.7 Å². The van der Waals surface area contributed by atoms with Crippen molar-refractivity contribution in [3.05, 3.63) is 29.8 Å². The fourth-order valence-corrected chi connectivity index (χ4v) is 3.82. The molecule has 0 heterocycles. The molecule has 1 aromatic carbocycles. The van der Waals surface area contributed by atoms with Crippen molar-refractivity contribution in [2.45, 2.75) is 37.8 Å². The normalized spacial score (nSPS) is 15.3. The predicted octanol–water partition coefficient (Wildman–Crippen LogP) is 1.75. The van der Waals surface area contributed by atoms with Gasteiger partial charge in [0.05, 0.1) is 11.5 Å². The van der Waals surface area contributed by atoms with Gasteiger partial charge in [-0.3, -0.25) is 0 Å². The van der Waals surface area contributed by atoms with Crippen LogP contribution in [-0.4, -0.2) is 39.0 Å². The Hall–Kier alpha value is -0.950. The lowest BCUT2D eigenvalue weighted by atomic mass is 10.1. The molecule has 0 aliphatic heterocycles. The maximum absolute atomic E-state index is 12.7. The maximum Gasteiger partial charge on any atom is 0.243 e. The van der Waals surface area contributed by atoms with Crippen molar-refractivity contribution >= 4 is 10.0 Å². The number of likely N-dealkylation sites (N-methyl/N-ethyl adjacent to an activating group) is 1. The van der Waals surface area contributed by atoms with Gasteiger partial charge in [0.15, 0.2) is 0 Å². The highest BCUT2D eigenvalue weighted by molar-refractivity contribution is 7.89. The number of nitrogens with two attached hydrogens (primary N) is 1. The topological polar surface area (TPSA) is 72.6 Å². The van der Waals surface area contributed by atoms with Gasteiger partial charge in [-0.2, -0.15) is 4.31 Å². The van der Waals surface area contributed by atoms with Crippen LogP contribution in [0.25, 0.3) is 0 Å². The van der Waals surface area contributed by atoms with Gasteiger partial charge in [0.1, 0.15) is 0 Å². The van der Waals surface area contributed by atoms with Gasteiger partial charge in [0.2, 0.25) is 10.0 Å². The van der Waals surface area contributed by atoms with Crippen LogP contribution < -0.4 is 5.73 Å². The molecule has 20 heavy (non-hydrogen) atoms. The Balaban J connectivity index is 3.17. The number of ether oxygens (including phenoxy) is 1. The average molecular weight is 300 g/mol. The van der Waals surface area contributed by atoms with E-state index in [4.69, 9.17) is 10.5 Å². The molecule has 0 saturated carbocycles. The van der Waals surface area contributed by atoms with Gasteiger partial charge in [-0.15, -0.1) is 0 Å². The predicted molar refractivity (Wildman–Crippen MR) is 79.9 cm³/mol. The summed E-state index contributed by atoms with van der Waals surface area (Å²) in [6.07, 6.45) is 0. The van der Waals surface area contributed by atoms with Crippen molar-refractivity contribution in [3.8, 4) is 0 Å². The zero-order valence-electron chi connectivity index (χ0n) is 12.5. The molecule has 0 spiro atoms. The summed E-state index contributed by atoms with van der Waals surface area (Å²) in [5.41, 5.74) is 6.62. The van der Waals surface area contributed by atoms with Crippen LogP contribution in [0.5, 0.6) is 0 Å². The maximum atomic E-state index is 12.7. The van der Waals surface area contributed by atoms with Crippen molar-refractivity contribution < 1.29 is 13.2 Å². The van der Waals surface area contributed by atoms with Gasteiger partial charge in [-0.05, 0) is 31.5 Å². The molecule has 1 rings (SSSR count). The second-order valence-corrected chi connectivity index (χ2v) is 6.76. The summed E-state index contributed by atoms with van der Waals surface area (Å²) < 4.78 is 31.9. The van der Waals surface area contributed by atoms with Crippen LogP contribution in [0.3, 0.4) is 0 Å². The van der Waals surface area contributed by atoms with Crippen molar-refractivity contribution in [2.24, 2.45) is 5.73 Å². The summed E-state index contributed by atoms with van der Waals surface area (Å²) in [4.78, 5) is 0.275. The van der Waals surface area contributed by atoms with E-state index in [0.29, 0.717) is 13.2 Å². The highest BCUT2D eigenvalue weighted by Crippen LogP contribution is 2.21. The smallest absolute Gasteiger partial charge is 0.243 e. The second kappa shape index (κ2) is 7.17. The first-order valence-electron chi connectivity index (χ1n) is 6.70. The molecule has 0 saturated heterocycles. The lowest BCUT2D eigenvalue weighted by Gasteiger charge is -2.27. The van der Waals surface area contributed by atoms with E-state index in [1.807, 2.05) is 26.8 Å². The van der Waals surface area contributed by atoms with Gasteiger partial charge in [-0.25, -0.2) is 8.42 Å². The van der Waals surface area contributed by atoms with Crippen LogP contribution in [0.4, 0.5) is 0 Å². The zero-order valence-corrected chi connectivity index (χ0v) is 13.4. The van der Waals surface area contributed by atoms with E-state index in [-0.39, 0.29) is 17.0 Å². The molecule has 0 amide bonds. The van der Waals surface area contributed by atoms with E-state index in [0.717, 1.165) is 5.56 Å². The largest absolute Gasteiger partial charge is 0.383 e. The van der Waals surface area contributed by atoms with Crippen molar-refractivity contribution in [1.29, 1.82) is 0 Å². The highest BCUT2D eigenvalue weighted by atomic mass is 32.2. The standard InChI is InChI=1S/C14H24N2O3S/c1-5-16(11(2)10-19-4)20(17,18)14-8-6-7-13(9-14)12(3)15/h6-9,11-12H,5,10,15H2,1-4H3. The lowest BCUT2D eigenvalue weighted by molar-refractivity contribution is 0.142. The van der Waals surface area contributed by atoms with Gasteiger partial charge in [0.25, 0.3) is 0 Å². The van der Waals surface area contributed by atoms with Crippen LogP contribution in [0, 0.1) is 0 Å². The summed E-state index contributed by atoms with van der Waals surface area (Å²) >= 11 is 0. The number of hydrogen-bond donors (Lipinski definition) is 1. The third kappa shape index (κ3) is 3.79. The lowest BCUT2D eigenvalue weighted by Crippen LogP contribution is -2.40. The van der Waals surface area contributed by atoms with Crippen LogP contribution in [0.2, 0.25) is 0 Å². The molecule has 0 fully saturated rings. The number of sulfonamides is 1. The Morgan fingerprint density at radius 1 is 1.35 bits per heavy atom. The fourth-order valence-electron chi connectivity index (χ4n) is 2.14. The molecule has 0 radical (unpaired) electrons. The first-order chi connectivity index (χ1) is 9.34. The SMILES string of the molecule is CCN(C(C)COC)S(=O)(=O)c1cccc(C(C)N)c1. The summed E-state index contributed by atoms with van der Waals surface area (Å²) in [6.45, 7) is 6.24. The molecule has 114 valence electrons. The van der Waals surface area contributed by atoms with Gasteiger partial charge in [-0.1, -0.05) is 19.1 Å². The zero-order chi connectivity index (χ0) is 15.3. The molecule has 2 unspecified atom stereocenters. The average Bonchev–Trinajstić information content (AvgIpc) is 2.39. The van der Waals surface area contributed by atoms with E-state index in [1.165, 1.54) is 4.31 Å². The van der Waals surface area contributed by atoms with E-state index in [2.05, 4.69) is 0 Å². The van der Waals surface area contributed by atoms with Crippen LogP contribution in [0.15, 0.2) is 29.2 Å².